The van der Waals surface area contributed by atoms with Gasteiger partial charge in [0.25, 0.3) is 5.91 Å². The molecule has 0 aliphatic rings. The van der Waals surface area contributed by atoms with Crippen LogP contribution in [0.15, 0.2) is 91.1 Å². The number of carbonyl (C=O) groups excluding carboxylic acids is 1. The number of hydrogen-bond donors (Lipinski definition) is 1. The zero-order valence-corrected chi connectivity index (χ0v) is 17.4. The zero-order chi connectivity index (χ0) is 21.6. The molecule has 1 aromatic heterocycles. The maximum atomic E-state index is 13.1. The molecule has 0 aliphatic heterocycles. The first-order valence-corrected chi connectivity index (χ1v) is 9.88. The van der Waals surface area contributed by atoms with Crippen molar-refractivity contribution in [1.82, 2.24) is 15.1 Å². The second-order valence-electron chi connectivity index (χ2n) is 6.93. The maximum absolute atomic E-state index is 13.1. The normalized spacial score (nSPS) is 10.7. The van der Waals surface area contributed by atoms with E-state index in [9.17, 15) is 4.79 Å². The van der Waals surface area contributed by atoms with Crippen LogP contribution in [-0.4, -0.2) is 29.9 Å². The van der Waals surface area contributed by atoms with Crippen molar-refractivity contribution in [1.29, 1.82) is 0 Å². The molecule has 0 bridgehead atoms. The number of carbonyl (C=O) groups is 1. The Morgan fingerprint density at radius 3 is 1.87 bits per heavy atom. The SMILES string of the molecule is COc1ccc(C(NC(=O)c2ccn(-c3ccccc3)n2)c2ccc(OC)cc2)cc1. The molecule has 0 radical (unpaired) electrons. The summed E-state index contributed by atoms with van der Waals surface area (Å²) >= 11 is 0. The van der Waals surface area contributed by atoms with Crippen molar-refractivity contribution in [3.63, 3.8) is 0 Å². The van der Waals surface area contributed by atoms with Crippen molar-refractivity contribution >= 4 is 5.91 Å². The molecule has 3 aromatic carbocycles. The highest BCUT2D eigenvalue weighted by Gasteiger charge is 2.20. The van der Waals surface area contributed by atoms with E-state index >= 15 is 0 Å². The summed E-state index contributed by atoms with van der Waals surface area (Å²) in [5.41, 5.74) is 3.10. The van der Waals surface area contributed by atoms with Gasteiger partial charge in [-0.1, -0.05) is 42.5 Å². The van der Waals surface area contributed by atoms with E-state index in [4.69, 9.17) is 9.47 Å². The Hall–Kier alpha value is -4.06. The number of rotatable bonds is 7. The van der Waals surface area contributed by atoms with Gasteiger partial charge in [-0.3, -0.25) is 4.79 Å². The summed E-state index contributed by atoms with van der Waals surface area (Å²) in [6.07, 6.45) is 1.78. The lowest BCUT2D eigenvalue weighted by molar-refractivity contribution is 0.0937. The summed E-state index contributed by atoms with van der Waals surface area (Å²) in [5, 5.41) is 7.55. The van der Waals surface area contributed by atoms with Crippen molar-refractivity contribution in [2.24, 2.45) is 0 Å². The van der Waals surface area contributed by atoms with E-state index in [-0.39, 0.29) is 11.9 Å². The Morgan fingerprint density at radius 2 is 1.35 bits per heavy atom. The van der Waals surface area contributed by atoms with E-state index in [1.165, 1.54) is 0 Å². The number of methoxy groups -OCH3 is 2. The Labute approximate surface area is 181 Å². The first-order valence-electron chi connectivity index (χ1n) is 9.88. The molecule has 4 rings (SSSR count). The molecule has 0 unspecified atom stereocenters. The number of ether oxygens (including phenoxy) is 2. The largest absolute Gasteiger partial charge is 0.497 e. The number of nitrogens with one attached hydrogen (secondary N) is 1. The first-order chi connectivity index (χ1) is 15.2. The number of hydrogen-bond acceptors (Lipinski definition) is 4. The second kappa shape index (κ2) is 9.17. The summed E-state index contributed by atoms with van der Waals surface area (Å²) in [7, 11) is 3.25. The van der Waals surface area contributed by atoms with Gasteiger partial charge in [0.1, 0.15) is 11.5 Å². The van der Waals surface area contributed by atoms with Gasteiger partial charge in [-0.2, -0.15) is 5.10 Å². The first kappa shape index (κ1) is 20.2. The molecule has 0 fully saturated rings. The Balaban J connectivity index is 1.62. The lowest BCUT2D eigenvalue weighted by atomic mass is 9.98. The van der Waals surface area contributed by atoms with Gasteiger partial charge in [0.05, 0.1) is 25.9 Å². The van der Waals surface area contributed by atoms with E-state index in [2.05, 4.69) is 10.4 Å². The molecular formula is C25H23N3O3. The highest BCUT2D eigenvalue weighted by Crippen LogP contribution is 2.26. The minimum absolute atomic E-state index is 0.258. The molecule has 6 heteroatoms. The van der Waals surface area contributed by atoms with E-state index in [0.29, 0.717) is 5.69 Å². The molecule has 0 aliphatic carbocycles. The van der Waals surface area contributed by atoms with Crippen molar-refractivity contribution in [3.05, 3.63) is 108 Å². The van der Waals surface area contributed by atoms with Crippen molar-refractivity contribution in [3.8, 4) is 17.2 Å². The Kier molecular flexibility index (Phi) is 5.98. The fourth-order valence-electron chi connectivity index (χ4n) is 3.33. The smallest absolute Gasteiger partial charge is 0.272 e. The van der Waals surface area contributed by atoms with Gasteiger partial charge in [0, 0.05) is 6.20 Å². The molecule has 1 amide bonds. The lowest BCUT2D eigenvalue weighted by Crippen LogP contribution is -2.29. The molecule has 6 nitrogen and oxygen atoms in total. The fourth-order valence-corrected chi connectivity index (χ4v) is 3.33. The number of aromatic nitrogens is 2. The maximum Gasteiger partial charge on any atom is 0.272 e. The summed E-state index contributed by atoms with van der Waals surface area (Å²) in [4.78, 5) is 13.1. The molecule has 31 heavy (non-hydrogen) atoms. The van der Waals surface area contributed by atoms with Crippen LogP contribution in [0.4, 0.5) is 0 Å². The van der Waals surface area contributed by atoms with Crippen LogP contribution in [0.2, 0.25) is 0 Å². The highest BCUT2D eigenvalue weighted by atomic mass is 16.5. The van der Waals surface area contributed by atoms with Gasteiger partial charge in [0.2, 0.25) is 0 Å². The lowest BCUT2D eigenvalue weighted by Gasteiger charge is -2.20. The number of para-hydroxylation sites is 1. The van der Waals surface area contributed by atoms with E-state index in [1.54, 1.807) is 31.2 Å². The number of benzene rings is 3. The topological polar surface area (TPSA) is 65.4 Å². The van der Waals surface area contributed by atoms with E-state index in [0.717, 1.165) is 28.3 Å². The van der Waals surface area contributed by atoms with E-state index in [1.807, 2.05) is 78.9 Å². The third kappa shape index (κ3) is 4.59. The van der Waals surface area contributed by atoms with Crippen LogP contribution in [0, 0.1) is 0 Å². The monoisotopic (exact) mass is 413 g/mol. The van der Waals surface area contributed by atoms with Crippen LogP contribution in [-0.2, 0) is 0 Å². The van der Waals surface area contributed by atoms with Crippen LogP contribution in [0.1, 0.15) is 27.7 Å². The molecule has 1 heterocycles. The summed E-state index contributed by atoms with van der Waals surface area (Å²) in [6.45, 7) is 0. The standard InChI is InChI=1S/C25H23N3O3/c1-30-21-12-8-18(9-13-21)24(19-10-14-22(31-2)15-11-19)26-25(29)23-16-17-28(27-23)20-6-4-3-5-7-20/h3-17,24H,1-2H3,(H,26,29). The average molecular weight is 413 g/mol. The van der Waals surface area contributed by atoms with Crippen molar-refractivity contribution < 1.29 is 14.3 Å². The minimum Gasteiger partial charge on any atom is -0.497 e. The van der Waals surface area contributed by atoms with Crippen LogP contribution in [0.5, 0.6) is 11.5 Å². The molecule has 4 aromatic rings. The van der Waals surface area contributed by atoms with Gasteiger partial charge < -0.3 is 14.8 Å². The van der Waals surface area contributed by atoms with Crippen LogP contribution in [0.3, 0.4) is 0 Å². The van der Waals surface area contributed by atoms with Crippen LogP contribution in [0.25, 0.3) is 5.69 Å². The van der Waals surface area contributed by atoms with E-state index < -0.39 is 0 Å². The zero-order valence-electron chi connectivity index (χ0n) is 17.4. The van der Waals surface area contributed by atoms with Gasteiger partial charge in [0.15, 0.2) is 5.69 Å². The van der Waals surface area contributed by atoms with Crippen molar-refractivity contribution in [2.45, 2.75) is 6.04 Å². The number of amides is 1. The molecule has 0 atom stereocenters. The molecule has 1 N–H and O–H groups in total. The Morgan fingerprint density at radius 1 is 0.806 bits per heavy atom. The molecular weight excluding hydrogens is 390 g/mol. The summed E-state index contributed by atoms with van der Waals surface area (Å²) in [5.74, 6) is 1.25. The predicted octanol–water partition coefficient (Wildman–Crippen LogP) is 4.41. The quantitative estimate of drug-likeness (QED) is 0.487. The minimum atomic E-state index is -0.355. The number of nitrogens with zero attached hydrogens (tertiary/aromatic N) is 2. The highest BCUT2D eigenvalue weighted by molar-refractivity contribution is 5.92. The second-order valence-corrected chi connectivity index (χ2v) is 6.93. The Bertz CT molecular complexity index is 1090. The third-order valence-electron chi connectivity index (χ3n) is 5.02. The molecule has 0 saturated heterocycles. The molecule has 0 spiro atoms. The molecule has 156 valence electrons. The predicted molar refractivity (Wildman–Crippen MR) is 119 cm³/mol. The van der Waals surface area contributed by atoms with Gasteiger partial charge in [-0.25, -0.2) is 4.68 Å². The van der Waals surface area contributed by atoms with Crippen molar-refractivity contribution in [2.75, 3.05) is 14.2 Å². The van der Waals surface area contributed by atoms with Crippen LogP contribution < -0.4 is 14.8 Å². The van der Waals surface area contributed by atoms with Gasteiger partial charge in [-0.15, -0.1) is 0 Å². The fraction of sp³-hybridized carbons (Fsp3) is 0.120. The average Bonchev–Trinajstić information content (AvgIpc) is 3.34. The van der Waals surface area contributed by atoms with Gasteiger partial charge >= 0.3 is 0 Å². The van der Waals surface area contributed by atoms with Crippen LogP contribution >= 0.6 is 0 Å². The van der Waals surface area contributed by atoms with Gasteiger partial charge in [-0.05, 0) is 53.6 Å². The molecule has 0 saturated carbocycles. The summed E-state index contributed by atoms with van der Waals surface area (Å²) < 4.78 is 12.2. The summed E-state index contributed by atoms with van der Waals surface area (Å²) in [6, 6.07) is 26.3. The third-order valence-corrected chi connectivity index (χ3v) is 5.02.